The second-order valence-electron chi connectivity index (χ2n) is 3.51. The van der Waals surface area contributed by atoms with Crippen LogP contribution in [0.5, 0.6) is 0 Å². The SMILES string of the molecule is Cc1ccc(Cl)c(NC(=O)NCCC(=O)O)c1. The van der Waals surface area contributed by atoms with Crippen LogP contribution in [0, 0.1) is 6.92 Å². The van der Waals surface area contributed by atoms with Gasteiger partial charge < -0.3 is 15.7 Å². The van der Waals surface area contributed by atoms with Crippen LogP contribution in [0.2, 0.25) is 5.02 Å². The summed E-state index contributed by atoms with van der Waals surface area (Å²) in [4.78, 5) is 21.6. The minimum Gasteiger partial charge on any atom is -0.481 e. The first-order valence-electron chi connectivity index (χ1n) is 5.02. The molecular weight excluding hydrogens is 244 g/mol. The van der Waals surface area contributed by atoms with Crippen molar-refractivity contribution in [2.75, 3.05) is 11.9 Å². The monoisotopic (exact) mass is 256 g/mol. The number of urea groups is 1. The second kappa shape index (κ2) is 6.10. The van der Waals surface area contributed by atoms with Gasteiger partial charge in [-0.15, -0.1) is 0 Å². The normalized spacial score (nSPS) is 9.76. The Morgan fingerprint density at radius 1 is 1.41 bits per heavy atom. The van der Waals surface area contributed by atoms with E-state index in [1.54, 1.807) is 12.1 Å². The first-order chi connectivity index (χ1) is 7.99. The maximum atomic E-state index is 11.4. The van der Waals surface area contributed by atoms with E-state index in [1.807, 2.05) is 13.0 Å². The number of aryl methyl sites for hydroxylation is 1. The number of benzene rings is 1. The number of anilines is 1. The van der Waals surface area contributed by atoms with Gasteiger partial charge in [0.05, 0.1) is 17.1 Å². The highest BCUT2D eigenvalue weighted by atomic mass is 35.5. The number of amides is 2. The summed E-state index contributed by atoms with van der Waals surface area (Å²) in [5.41, 5.74) is 1.47. The summed E-state index contributed by atoms with van der Waals surface area (Å²) in [5, 5.41) is 13.8. The molecule has 1 aromatic rings. The van der Waals surface area contributed by atoms with E-state index in [4.69, 9.17) is 16.7 Å². The van der Waals surface area contributed by atoms with E-state index < -0.39 is 12.0 Å². The van der Waals surface area contributed by atoms with Crippen LogP contribution >= 0.6 is 11.6 Å². The number of aliphatic carboxylic acids is 1. The Morgan fingerprint density at radius 3 is 2.76 bits per heavy atom. The smallest absolute Gasteiger partial charge is 0.319 e. The molecule has 0 heterocycles. The minimum atomic E-state index is -0.959. The molecule has 0 radical (unpaired) electrons. The summed E-state index contributed by atoms with van der Waals surface area (Å²) in [6.07, 6.45) is -0.116. The molecule has 0 unspecified atom stereocenters. The van der Waals surface area contributed by atoms with Crippen molar-refractivity contribution in [1.82, 2.24) is 5.32 Å². The number of carboxylic acids is 1. The quantitative estimate of drug-likeness (QED) is 0.773. The third-order valence-corrected chi connectivity index (χ3v) is 2.32. The molecule has 0 bridgehead atoms. The Hall–Kier alpha value is -1.75. The van der Waals surface area contributed by atoms with Crippen LogP contribution < -0.4 is 10.6 Å². The molecule has 0 saturated heterocycles. The van der Waals surface area contributed by atoms with E-state index in [0.717, 1.165) is 5.56 Å². The molecule has 1 rings (SSSR count). The molecule has 0 aliphatic rings. The van der Waals surface area contributed by atoms with Gasteiger partial charge in [0.25, 0.3) is 0 Å². The van der Waals surface area contributed by atoms with E-state index >= 15 is 0 Å². The van der Waals surface area contributed by atoms with Gasteiger partial charge in [-0.1, -0.05) is 17.7 Å². The number of carboxylic acid groups (broad SMARTS) is 1. The van der Waals surface area contributed by atoms with Crippen molar-refractivity contribution in [3.8, 4) is 0 Å². The first kappa shape index (κ1) is 13.3. The predicted octanol–water partition coefficient (Wildman–Crippen LogP) is 2.24. The molecule has 0 fully saturated rings. The van der Waals surface area contributed by atoms with Crippen LogP contribution in [-0.2, 0) is 4.79 Å². The summed E-state index contributed by atoms with van der Waals surface area (Å²) in [6.45, 7) is 1.95. The van der Waals surface area contributed by atoms with Crippen molar-refractivity contribution in [2.24, 2.45) is 0 Å². The number of carbonyl (C=O) groups excluding carboxylic acids is 1. The first-order valence-corrected chi connectivity index (χ1v) is 5.39. The maximum absolute atomic E-state index is 11.4. The van der Waals surface area contributed by atoms with Gasteiger partial charge in [0.2, 0.25) is 0 Å². The molecule has 0 atom stereocenters. The fraction of sp³-hybridized carbons (Fsp3) is 0.273. The molecule has 0 aliphatic carbocycles. The Bertz CT molecular complexity index is 435. The molecular formula is C11H13ClN2O3. The zero-order valence-corrected chi connectivity index (χ0v) is 10.0. The third-order valence-electron chi connectivity index (χ3n) is 1.99. The molecule has 0 aromatic heterocycles. The highest BCUT2D eigenvalue weighted by molar-refractivity contribution is 6.33. The maximum Gasteiger partial charge on any atom is 0.319 e. The average Bonchev–Trinajstić information content (AvgIpc) is 2.23. The molecule has 3 N–H and O–H groups in total. The average molecular weight is 257 g/mol. The predicted molar refractivity (Wildman–Crippen MR) is 65.5 cm³/mol. The number of nitrogens with one attached hydrogen (secondary N) is 2. The van der Waals surface area contributed by atoms with Gasteiger partial charge in [0.1, 0.15) is 0 Å². The Morgan fingerprint density at radius 2 is 2.12 bits per heavy atom. The highest BCUT2D eigenvalue weighted by Crippen LogP contribution is 2.22. The van der Waals surface area contributed by atoms with Crippen LogP contribution in [0.1, 0.15) is 12.0 Å². The van der Waals surface area contributed by atoms with Crippen molar-refractivity contribution in [3.63, 3.8) is 0 Å². The van der Waals surface area contributed by atoms with Crippen LogP contribution in [0.25, 0.3) is 0 Å². The van der Waals surface area contributed by atoms with Crippen LogP contribution in [-0.4, -0.2) is 23.7 Å². The van der Waals surface area contributed by atoms with Crippen LogP contribution in [0.3, 0.4) is 0 Å². The van der Waals surface area contributed by atoms with E-state index in [9.17, 15) is 9.59 Å². The highest BCUT2D eigenvalue weighted by Gasteiger charge is 2.06. The summed E-state index contributed by atoms with van der Waals surface area (Å²) in [7, 11) is 0. The van der Waals surface area contributed by atoms with Gasteiger partial charge in [0.15, 0.2) is 0 Å². The van der Waals surface area contributed by atoms with Crippen LogP contribution in [0.4, 0.5) is 10.5 Å². The second-order valence-corrected chi connectivity index (χ2v) is 3.92. The minimum absolute atomic E-state index is 0.0740. The number of carbonyl (C=O) groups is 2. The Labute approximate surface area is 104 Å². The van der Waals surface area contributed by atoms with E-state index in [0.29, 0.717) is 10.7 Å². The Balaban J connectivity index is 2.50. The number of rotatable bonds is 4. The summed E-state index contributed by atoms with van der Waals surface area (Å²) < 4.78 is 0. The summed E-state index contributed by atoms with van der Waals surface area (Å²) in [5.74, 6) is -0.959. The molecule has 2 amide bonds. The standard InChI is InChI=1S/C11H13ClN2O3/c1-7-2-3-8(12)9(6-7)14-11(17)13-5-4-10(15)16/h2-3,6H,4-5H2,1H3,(H,15,16)(H2,13,14,17). The molecule has 92 valence electrons. The number of hydrogen-bond acceptors (Lipinski definition) is 2. The Kier molecular flexibility index (Phi) is 4.78. The van der Waals surface area contributed by atoms with Gasteiger partial charge in [-0.3, -0.25) is 4.79 Å². The molecule has 1 aromatic carbocycles. The van der Waals surface area contributed by atoms with Gasteiger partial charge in [-0.2, -0.15) is 0 Å². The fourth-order valence-electron chi connectivity index (χ4n) is 1.18. The molecule has 6 heteroatoms. The zero-order valence-electron chi connectivity index (χ0n) is 9.29. The zero-order chi connectivity index (χ0) is 12.8. The molecule has 0 spiro atoms. The van der Waals surface area contributed by atoms with Crippen molar-refractivity contribution in [2.45, 2.75) is 13.3 Å². The molecule has 5 nitrogen and oxygen atoms in total. The van der Waals surface area contributed by atoms with Crippen molar-refractivity contribution < 1.29 is 14.7 Å². The van der Waals surface area contributed by atoms with E-state index in [2.05, 4.69) is 10.6 Å². The van der Waals surface area contributed by atoms with Gasteiger partial charge in [-0.25, -0.2) is 4.79 Å². The van der Waals surface area contributed by atoms with Crippen molar-refractivity contribution in [1.29, 1.82) is 0 Å². The van der Waals surface area contributed by atoms with Gasteiger partial charge >= 0.3 is 12.0 Å². The molecule has 17 heavy (non-hydrogen) atoms. The molecule has 0 aliphatic heterocycles. The van der Waals surface area contributed by atoms with E-state index in [-0.39, 0.29) is 13.0 Å². The number of hydrogen-bond donors (Lipinski definition) is 3. The summed E-state index contributed by atoms with van der Waals surface area (Å²) >= 11 is 5.89. The van der Waals surface area contributed by atoms with Crippen molar-refractivity contribution in [3.05, 3.63) is 28.8 Å². The number of halogens is 1. The lowest BCUT2D eigenvalue weighted by atomic mass is 10.2. The lowest BCUT2D eigenvalue weighted by molar-refractivity contribution is -0.136. The van der Waals surface area contributed by atoms with Crippen molar-refractivity contribution >= 4 is 29.3 Å². The van der Waals surface area contributed by atoms with Gasteiger partial charge in [-0.05, 0) is 24.6 Å². The third kappa shape index (κ3) is 4.74. The lowest BCUT2D eigenvalue weighted by Crippen LogP contribution is -2.30. The topological polar surface area (TPSA) is 78.4 Å². The summed E-state index contributed by atoms with van der Waals surface area (Å²) in [6, 6.07) is 4.78. The largest absolute Gasteiger partial charge is 0.481 e. The van der Waals surface area contributed by atoms with E-state index in [1.165, 1.54) is 0 Å². The van der Waals surface area contributed by atoms with Crippen LogP contribution in [0.15, 0.2) is 18.2 Å². The lowest BCUT2D eigenvalue weighted by Gasteiger charge is -2.08. The molecule has 0 saturated carbocycles. The fourth-order valence-corrected chi connectivity index (χ4v) is 1.35. The van der Waals surface area contributed by atoms with Gasteiger partial charge in [0, 0.05) is 6.54 Å².